The van der Waals surface area contributed by atoms with Gasteiger partial charge in [-0.05, 0) is 55.4 Å². The van der Waals surface area contributed by atoms with Crippen molar-refractivity contribution in [2.75, 3.05) is 13.1 Å². The van der Waals surface area contributed by atoms with Gasteiger partial charge in [0.1, 0.15) is 0 Å². The second kappa shape index (κ2) is 3.36. The van der Waals surface area contributed by atoms with E-state index in [2.05, 4.69) is 6.58 Å². The van der Waals surface area contributed by atoms with Gasteiger partial charge in [-0.3, -0.25) is 4.79 Å². The second-order valence-corrected chi connectivity index (χ2v) is 5.45. The van der Waals surface area contributed by atoms with Crippen molar-refractivity contribution >= 4 is 5.91 Å². The van der Waals surface area contributed by atoms with Crippen LogP contribution in [0.15, 0.2) is 12.7 Å². The smallest absolute Gasteiger partial charge is 0.245 e. The molecule has 0 spiro atoms. The zero-order valence-corrected chi connectivity index (χ0v) is 9.19. The second-order valence-electron chi connectivity index (χ2n) is 5.45. The van der Waals surface area contributed by atoms with Crippen LogP contribution in [0.2, 0.25) is 0 Å². The molecule has 3 aliphatic carbocycles. The maximum Gasteiger partial charge on any atom is 0.245 e. The summed E-state index contributed by atoms with van der Waals surface area (Å²) < 4.78 is 0. The van der Waals surface area contributed by atoms with Crippen LogP contribution in [-0.4, -0.2) is 23.9 Å². The third kappa shape index (κ3) is 1.34. The summed E-state index contributed by atoms with van der Waals surface area (Å²) >= 11 is 0. The molecular formula is C13H19NO. The zero-order valence-electron chi connectivity index (χ0n) is 9.19. The Kier molecular flexibility index (Phi) is 2.11. The summed E-state index contributed by atoms with van der Waals surface area (Å²) in [5.41, 5.74) is 0. The lowest BCUT2D eigenvalue weighted by atomic mass is 9.60. The minimum absolute atomic E-state index is 0.142. The van der Waals surface area contributed by atoms with Crippen molar-refractivity contribution in [3.63, 3.8) is 0 Å². The number of carbonyl (C=O) groups excluding carboxylic acids is 1. The minimum atomic E-state index is 0.142. The van der Waals surface area contributed by atoms with Gasteiger partial charge in [0.05, 0.1) is 0 Å². The van der Waals surface area contributed by atoms with Gasteiger partial charge in [0.15, 0.2) is 0 Å². The van der Waals surface area contributed by atoms with Crippen LogP contribution in [0.25, 0.3) is 0 Å². The summed E-state index contributed by atoms with van der Waals surface area (Å²) in [7, 11) is 0. The van der Waals surface area contributed by atoms with Crippen molar-refractivity contribution in [2.24, 2.45) is 23.7 Å². The number of rotatable bonds is 1. The standard InChI is InChI=1S/C13H19NO/c1-2-13(15)14-7-11-9-3-4-10(6-5-9)12(11)8-14/h2,9-12H,1,3-8H2/t9?,10?,11-,12+. The zero-order chi connectivity index (χ0) is 10.4. The van der Waals surface area contributed by atoms with E-state index in [4.69, 9.17) is 0 Å². The topological polar surface area (TPSA) is 20.3 Å². The molecule has 0 N–H and O–H groups in total. The first-order valence-corrected chi connectivity index (χ1v) is 6.21. The highest BCUT2D eigenvalue weighted by atomic mass is 16.2. The van der Waals surface area contributed by atoms with Gasteiger partial charge >= 0.3 is 0 Å². The lowest BCUT2D eigenvalue weighted by Gasteiger charge is -2.44. The Hall–Kier alpha value is -0.790. The van der Waals surface area contributed by atoms with Crippen LogP contribution in [0.5, 0.6) is 0 Å². The summed E-state index contributed by atoms with van der Waals surface area (Å²) in [4.78, 5) is 13.6. The quantitative estimate of drug-likeness (QED) is 0.600. The van der Waals surface area contributed by atoms with Gasteiger partial charge < -0.3 is 4.90 Å². The highest BCUT2D eigenvalue weighted by Crippen LogP contribution is 2.51. The van der Waals surface area contributed by atoms with Gasteiger partial charge in [0.2, 0.25) is 5.91 Å². The van der Waals surface area contributed by atoms with E-state index in [-0.39, 0.29) is 5.91 Å². The van der Waals surface area contributed by atoms with Gasteiger partial charge in [-0.1, -0.05) is 6.58 Å². The number of carbonyl (C=O) groups is 1. The van der Waals surface area contributed by atoms with Crippen molar-refractivity contribution < 1.29 is 4.79 Å². The summed E-state index contributed by atoms with van der Waals surface area (Å²) in [6.07, 6.45) is 7.15. The van der Waals surface area contributed by atoms with Gasteiger partial charge in [-0.15, -0.1) is 0 Å². The van der Waals surface area contributed by atoms with E-state index >= 15 is 0 Å². The van der Waals surface area contributed by atoms with E-state index in [1.54, 1.807) is 0 Å². The molecule has 1 aliphatic heterocycles. The first-order valence-electron chi connectivity index (χ1n) is 6.21. The van der Waals surface area contributed by atoms with Gasteiger partial charge in [0.25, 0.3) is 0 Å². The van der Waals surface area contributed by atoms with Crippen LogP contribution < -0.4 is 0 Å². The molecule has 82 valence electrons. The monoisotopic (exact) mass is 205 g/mol. The Bertz CT molecular complexity index is 271. The predicted molar refractivity (Wildman–Crippen MR) is 59.2 cm³/mol. The Morgan fingerprint density at radius 3 is 1.93 bits per heavy atom. The largest absolute Gasteiger partial charge is 0.339 e. The maximum absolute atomic E-state index is 11.6. The molecule has 0 radical (unpaired) electrons. The number of nitrogens with zero attached hydrogens (tertiary/aromatic N) is 1. The molecule has 0 unspecified atom stereocenters. The highest BCUT2D eigenvalue weighted by molar-refractivity contribution is 5.87. The van der Waals surface area contributed by atoms with Crippen molar-refractivity contribution in [1.82, 2.24) is 4.90 Å². The van der Waals surface area contributed by atoms with Crippen molar-refractivity contribution in [2.45, 2.75) is 25.7 Å². The van der Waals surface area contributed by atoms with Crippen LogP contribution in [0, 0.1) is 23.7 Å². The first kappa shape index (κ1) is 9.44. The molecule has 2 bridgehead atoms. The van der Waals surface area contributed by atoms with Crippen LogP contribution in [-0.2, 0) is 4.79 Å². The molecule has 1 heterocycles. The summed E-state index contributed by atoms with van der Waals surface area (Å²) in [6, 6.07) is 0. The van der Waals surface area contributed by atoms with E-state index in [1.807, 2.05) is 4.90 Å². The van der Waals surface area contributed by atoms with Gasteiger partial charge in [-0.25, -0.2) is 0 Å². The molecular weight excluding hydrogens is 186 g/mol. The average molecular weight is 205 g/mol. The Balaban J connectivity index is 1.78. The van der Waals surface area contributed by atoms with Crippen molar-refractivity contribution in [1.29, 1.82) is 0 Å². The Morgan fingerprint density at radius 2 is 1.53 bits per heavy atom. The minimum Gasteiger partial charge on any atom is -0.339 e. The van der Waals surface area contributed by atoms with E-state index in [9.17, 15) is 4.79 Å². The fourth-order valence-corrected chi connectivity index (χ4v) is 4.16. The van der Waals surface area contributed by atoms with Gasteiger partial charge in [0, 0.05) is 13.1 Å². The molecule has 0 aromatic carbocycles. The molecule has 1 amide bonds. The van der Waals surface area contributed by atoms with Crippen molar-refractivity contribution in [3.8, 4) is 0 Å². The summed E-state index contributed by atoms with van der Waals surface area (Å²) in [5.74, 6) is 3.62. The summed E-state index contributed by atoms with van der Waals surface area (Å²) in [5, 5.41) is 0. The van der Waals surface area contributed by atoms with E-state index in [0.717, 1.165) is 36.8 Å². The molecule has 2 heteroatoms. The normalized spacial score (nSPS) is 42.8. The highest BCUT2D eigenvalue weighted by Gasteiger charge is 2.48. The first-order chi connectivity index (χ1) is 7.29. The summed E-state index contributed by atoms with van der Waals surface area (Å²) in [6.45, 7) is 5.61. The predicted octanol–water partition coefficient (Wildman–Crippen LogP) is 2.07. The average Bonchev–Trinajstić information content (AvgIpc) is 2.76. The van der Waals surface area contributed by atoms with Crippen molar-refractivity contribution in [3.05, 3.63) is 12.7 Å². The molecule has 0 aromatic heterocycles. The lowest BCUT2D eigenvalue weighted by Crippen LogP contribution is -2.38. The third-order valence-electron chi connectivity index (χ3n) is 4.93. The lowest BCUT2D eigenvalue weighted by molar-refractivity contribution is -0.125. The SMILES string of the molecule is C=CC(=O)N1C[C@@H]2C3CCC(CC3)[C@@H]2C1. The fraction of sp³-hybridized carbons (Fsp3) is 0.769. The van der Waals surface area contributed by atoms with E-state index in [0.29, 0.717) is 0 Å². The van der Waals surface area contributed by atoms with Crippen LogP contribution in [0.1, 0.15) is 25.7 Å². The molecule has 2 atom stereocenters. The van der Waals surface area contributed by atoms with Gasteiger partial charge in [-0.2, -0.15) is 0 Å². The van der Waals surface area contributed by atoms with Crippen LogP contribution >= 0.6 is 0 Å². The number of likely N-dealkylation sites (tertiary alicyclic amines) is 1. The maximum atomic E-state index is 11.6. The fourth-order valence-electron chi connectivity index (χ4n) is 4.16. The third-order valence-corrected chi connectivity index (χ3v) is 4.93. The van der Waals surface area contributed by atoms with E-state index < -0.39 is 0 Å². The Labute approximate surface area is 91.3 Å². The van der Waals surface area contributed by atoms with Crippen LogP contribution in [0.3, 0.4) is 0 Å². The number of hydrogen-bond donors (Lipinski definition) is 0. The molecule has 4 aliphatic rings. The molecule has 2 nitrogen and oxygen atoms in total. The Morgan fingerprint density at radius 1 is 1.07 bits per heavy atom. The molecule has 1 saturated heterocycles. The molecule has 4 fully saturated rings. The molecule has 0 aromatic rings. The van der Waals surface area contributed by atoms with Crippen LogP contribution in [0.4, 0.5) is 0 Å². The number of amides is 1. The molecule has 3 saturated carbocycles. The molecule has 4 rings (SSSR count). The molecule has 15 heavy (non-hydrogen) atoms. The number of hydrogen-bond acceptors (Lipinski definition) is 1. The van der Waals surface area contributed by atoms with E-state index in [1.165, 1.54) is 31.8 Å². The number of fused-ring (bicyclic) bond motifs is 2.